The smallest absolute Gasteiger partial charge is 0.324 e. The summed E-state index contributed by atoms with van der Waals surface area (Å²) in [6, 6.07) is -0.760. The zero-order chi connectivity index (χ0) is 12.8. The molecule has 0 radical (unpaired) electrons. The molecule has 1 atom stereocenters. The number of esters is 1. The van der Waals surface area contributed by atoms with Gasteiger partial charge in [0.15, 0.2) is 0 Å². The van der Waals surface area contributed by atoms with Crippen molar-refractivity contribution in [1.29, 1.82) is 0 Å². The average Bonchev–Trinajstić information content (AvgIpc) is 2.57. The van der Waals surface area contributed by atoms with E-state index in [0.717, 1.165) is 6.42 Å². The Morgan fingerprint density at radius 1 is 1.47 bits per heavy atom. The summed E-state index contributed by atoms with van der Waals surface area (Å²) in [7, 11) is 1.31. The number of urea groups is 1. The summed E-state index contributed by atoms with van der Waals surface area (Å²) < 4.78 is 4.49. The Kier molecular flexibility index (Phi) is 4.93. The SMILES string of the molecule is CCCC1NC(=O)N(CCCC(=O)OC)C1=O. The van der Waals surface area contributed by atoms with Crippen LogP contribution in [0.2, 0.25) is 0 Å². The first-order valence-electron chi connectivity index (χ1n) is 5.78. The zero-order valence-electron chi connectivity index (χ0n) is 10.2. The monoisotopic (exact) mass is 242 g/mol. The number of carbonyl (C=O) groups excluding carboxylic acids is 3. The van der Waals surface area contributed by atoms with Crippen molar-refractivity contribution in [1.82, 2.24) is 10.2 Å². The van der Waals surface area contributed by atoms with Gasteiger partial charge < -0.3 is 10.1 Å². The molecule has 1 aliphatic heterocycles. The number of nitrogens with zero attached hydrogens (tertiary/aromatic N) is 1. The van der Waals surface area contributed by atoms with Gasteiger partial charge in [-0.05, 0) is 12.8 Å². The van der Waals surface area contributed by atoms with Crippen molar-refractivity contribution < 1.29 is 19.1 Å². The standard InChI is InChI=1S/C11H18N2O4/c1-3-5-8-10(15)13(11(16)12-8)7-4-6-9(14)17-2/h8H,3-7H2,1-2H3,(H,12,16). The highest BCUT2D eigenvalue weighted by atomic mass is 16.5. The van der Waals surface area contributed by atoms with Crippen LogP contribution in [0.15, 0.2) is 0 Å². The third-order valence-electron chi connectivity index (χ3n) is 2.67. The molecule has 0 bridgehead atoms. The summed E-state index contributed by atoms with van der Waals surface area (Å²) in [5.41, 5.74) is 0. The van der Waals surface area contributed by atoms with Gasteiger partial charge in [-0.2, -0.15) is 0 Å². The van der Waals surface area contributed by atoms with Crippen LogP contribution >= 0.6 is 0 Å². The molecule has 0 aromatic rings. The maximum atomic E-state index is 11.8. The predicted molar refractivity (Wildman–Crippen MR) is 60.2 cm³/mol. The number of hydrogen-bond donors (Lipinski definition) is 1. The first-order valence-corrected chi connectivity index (χ1v) is 5.78. The second kappa shape index (κ2) is 6.22. The Morgan fingerprint density at radius 3 is 2.76 bits per heavy atom. The van der Waals surface area contributed by atoms with E-state index in [-0.39, 0.29) is 30.9 Å². The number of amides is 3. The molecule has 1 N–H and O–H groups in total. The lowest BCUT2D eigenvalue weighted by Crippen LogP contribution is -2.32. The fourth-order valence-corrected chi connectivity index (χ4v) is 1.76. The maximum Gasteiger partial charge on any atom is 0.324 e. The van der Waals surface area contributed by atoms with Crippen molar-refractivity contribution in [3.63, 3.8) is 0 Å². The van der Waals surface area contributed by atoms with E-state index in [2.05, 4.69) is 10.1 Å². The van der Waals surface area contributed by atoms with Crippen molar-refractivity contribution in [3.05, 3.63) is 0 Å². The van der Waals surface area contributed by atoms with E-state index in [1.54, 1.807) is 0 Å². The highest BCUT2D eigenvalue weighted by Gasteiger charge is 2.36. The number of nitrogens with one attached hydrogen (secondary N) is 1. The molecule has 1 heterocycles. The van der Waals surface area contributed by atoms with Crippen LogP contribution in [0.25, 0.3) is 0 Å². The minimum Gasteiger partial charge on any atom is -0.469 e. The topological polar surface area (TPSA) is 75.7 Å². The molecule has 6 heteroatoms. The van der Waals surface area contributed by atoms with Gasteiger partial charge in [-0.1, -0.05) is 13.3 Å². The molecular formula is C11H18N2O4. The average molecular weight is 242 g/mol. The van der Waals surface area contributed by atoms with Gasteiger partial charge in [0.05, 0.1) is 7.11 Å². The molecule has 1 fully saturated rings. The predicted octanol–water partition coefficient (Wildman–Crippen LogP) is 0.660. The van der Waals surface area contributed by atoms with Crippen molar-refractivity contribution in [2.24, 2.45) is 0 Å². The van der Waals surface area contributed by atoms with Gasteiger partial charge in [-0.3, -0.25) is 14.5 Å². The summed E-state index contributed by atoms with van der Waals surface area (Å²) in [6.07, 6.45) is 2.14. The van der Waals surface area contributed by atoms with Gasteiger partial charge >= 0.3 is 12.0 Å². The molecule has 1 aliphatic rings. The van der Waals surface area contributed by atoms with Crippen LogP contribution < -0.4 is 5.32 Å². The highest BCUT2D eigenvalue weighted by molar-refractivity contribution is 6.04. The number of ether oxygens (including phenoxy) is 1. The molecule has 0 aromatic carbocycles. The van der Waals surface area contributed by atoms with Crippen LogP contribution in [0, 0.1) is 0 Å². The fourth-order valence-electron chi connectivity index (χ4n) is 1.76. The zero-order valence-corrected chi connectivity index (χ0v) is 10.2. The van der Waals surface area contributed by atoms with E-state index in [4.69, 9.17) is 0 Å². The molecular weight excluding hydrogens is 224 g/mol. The lowest BCUT2D eigenvalue weighted by molar-refractivity contribution is -0.141. The van der Waals surface area contributed by atoms with Crippen LogP contribution in [0.1, 0.15) is 32.6 Å². The molecule has 1 unspecified atom stereocenters. The van der Waals surface area contributed by atoms with E-state index in [1.807, 2.05) is 6.92 Å². The lowest BCUT2D eigenvalue weighted by atomic mass is 10.1. The third kappa shape index (κ3) is 3.44. The van der Waals surface area contributed by atoms with Crippen LogP contribution in [0.3, 0.4) is 0 Å². The maximum absolute atomic E-state index is 11.8. The van der Waals surface area contributed by atoms with E-state index in [1.165, 1.54) is 12.0 Å². The number of hydrogen-bond acceptors (Lipinski definition) is 4. The third-order valence-corrected chi connectivity index (χ3v) is 2.67. The molecule has 17 heavy (non-hydrogen) atoms. The van der Waals surface area contributed by atoms with Gasteiger partial charge in [-0.25, -0.2) is 4.79 Å². The van der Waals surface area contributed by atoms with Gasteiger partial charge in [0.2, 0.25) is 0 Å². The first-order chi connectivity index (χ1) is 8.10. The van der Waals surface area contributed by atoms with Crippen LogP contribution in [0.4, 0.5) is 4.79 Å². The molecule has 6 nitrogen and oxygen atoms in total. The summed E-state index contributed by atoms with van der Waals surface area (Å²) in [4.78, 5) is 35.3. The molecule has 1 rings (SSSR count). The Hall–Kier alpha value is -1.59. The van der Waals surface area contributed by atoms with Gasteiger partial charge in [0.25, 0.3) is 5.91 Å². The van der Waals surface area contributed by atoms with Crippen molar-refractivity contribution >= 4 is 17.9 Å². The Balaban J connectivity index is 2.40. The van der Waals surface area contributed by atoms with Gasteiger partial charge in [0.1, 0.15) is 6.04 Å². The number of methoxy groups -OCH3 is 1. The van der Waals surface area contributed by atoms with Crippen LogP contribution in [-0.2, 0) is 14.3 Å². The Bertz CT molecular complexity index is 317. The van der Waals surface area contributed by atoms with Crippen molar-refractivity contribution in [2.75, 3.05) is 13.7 Å². The number of carbonyl (C=O) groups is 3. The summed E-state index contributed by atoms with van der Waals surface area (Å²) in [6.45, 7) is 2.22. The van der Waals surface area contributed by atoms with Gasteiger partial charge in [0, 0.05) is 13.0 Å². The molecule has 1 saturated heterocycles. The fraction of sp³-hybridized carbons (Fsp3) is 0.727. The Morgan fingerprint density at radius 2 is 2.18 bits per heavy atom. The Labute approximate surface area is 100 Å². The summed E-state index contributed by atoms with van der Waals surface area (Å²) >= 11 is 0. The molecule has 0 aromatic heterocycles. The van der Waals surface area contributed by atoms with E-state index >= 15 is 0 Å². The molecule has 0 spiro atoms. The minimum atomic E-state index is -0.398. The quantitative estimate of drug-likeness (QED) is 0.548. The van der Waals surface area contributed by atoms with E-state index in [0.29, 0.717) is 12.8 Å². The molecule has 0 aliphatic carbocycles. The van der Waals surface area contributed by atoms with E-state index in [9.17, 15) is 14.4 Å². The number of imide groups is 1. The van der Waals surface area contributed by atoms with E-state index < -0.39 is 6.04 Å². The van der Waals surface area contributed by atoms with Crippen LogP contribution in [0.5, 0.6) is 0 Å². The first kappa shape index (κ1) is 13.5. The lowest BCUT2D eigenvalue weighted by Gasteiger charge is -2.12. The largest absolute Gasteiger partial charge is 0.469 e. The summed E-state index contributed by atoms with van der Waals surface area (Å²) in [5.74, 6) is -0.524. The van der Waals surface area contributed by atoms with Gasteiger partial charge in [-0.15, -0.1) is 0 Å². The second-order valence-electron chi connectivity index (χ2n) is 3.96. The van der Waals surface area contributed by atoms with Crippen molar-refractivity contribution in [3.8, 4) is 0 Å². The number of rotatable bonds is 6. The highest BCUT2D eigenvalue weighted by Crippen LogP contribution is 2.11. The molecule has 96 valence electrons. The molecule has 0 saturated carbocycles. The molecule has 3 amide bonds. The second-order valence-corrected chi connectivity index (χ2v) is 3.96. The summed E-state index contributed by atoms with van der Waals surface area (Å²) in [5, 5.41) is 2.63. The van der Waals surface area contributed by atoms with Crippen molar-refractivity contribution in [2.45, 2.75) is 38.6 Å². The minimum absolute atomic E-state index is 0.193. The normalized spacial score (nSPS) is 19.4. The van der Waals surface area contributed by atoms with Crippen LogP contribution in [-0.4, -0.2) is 42.5 Å².